The maximum Gasteiger partial charge on any atom is 0.414 e. The lowest BCUT2D eigenvalue weighted by Gasteiger charge is -2.15. The van der Waals surface area contributed by atoms with E-state index in [-0.39, 0.29) is 19.0 Å². The summed E-state index contributed by atoms with van der Waals surface area (Å²) < 4.78 is 25.2. The Labute approximate surface area is 174 Å². The molecule has 0 aromatic heterocycles. The van der Waals surface area contributed by atoms with Gasteiger partial charge in [-0.1, -0.05) is 24.3 Å². The highest BCUT2D eigenvalue weighted by atomic mass is 19.1. The molecule has 2 heterocycles. The number of epoxide rings is 1. The number of carbonyl (C=O) groups is 2. The van der Waals surface area contributed by atoms with Gasteiger partial charge in [0.05, 0.1) is 31.5 Å². The summed E-state index contributed by atoms with van der Waals surface area (Å²) in [5.74, 6) is -0.610. The number of nitrogens with zero attached hydrogens (tertiary/aromatic N) is 1. The number of anilines is 1. The number of hydrogen-bond donors (Lipinski definition) is 2. The van der Waals surface area contributed by atoms with Crippen LogP contribution in [0.3, 0.4) is 0 Å². The zero-order chi connectivity index (χ0) is 21.1. The van der Waals surface area contributed by atoms with Crippen LogP contribution >= 0.6 is 0 Å². The van der Waals surface area contributed by atoms with E-state index >= 15 is 0 Å². The van der Waals surface area contributed by atoms with Crippen LogP contribution in [0.1, 0.15) is 12.5 Å². The van der Waals surface area contributed by atoms with Crippen LogP contribution in [0.2, 0.25) is 0 Å². The van der Waals surface area contributed by atoms with Crippen molar-refractivity contribution in [2.75, 3.05) is 31.1 Å². The fourth-order valence-corrected chi connectivity index (χ4v) is 3.37. The van der Waals surface area contributed by atoms with E-state index < -0.39 is 18.0 Å². The molecule has 2 aromatic rings. The van der Waals surface area contributed by atoms with Gasteiger partial charge in [0.1, 0.15) is 11.9 Å². The maximum atomic E-state index is 14.8. The van der Waals surface area contributed by atoms with Crippen LogP contribution in [-0.4, -0.2) is 50.4 Å². The van der Waals surface area contributed by atoms with E-state index in [1.807, 2.05) is 24.3 Å². The third kappa shape index (κ3) is 4.95. The fraction of sp³-hybridized carbons (Fsp3) is 0.364. The molecule has 2 atom stereocenters. The number of hydrogen-bond acceptors (Lipinski definition) is 5. The number of rotatable bonds is 8. The Balaban J connectivity index is 1.40. The van der Waals surface area contributed by atoms with E-state index in [4.69, 9.17) is 9.47 Å². The van der Waals surface area contributed by atoms with Gasteiger partial charge in [-0.05, 0) is 29.3 Å². The van der Waals surface area contributed by atoms with Crippen molar-refractivity contribution < 1.29 is 23.5 Å². The summed E-state index contributed by atoms with van der Waals surface area (Å²) in [5, 5.41) is 5.94. The number of cyclic esters (lactones) is 1. The first-order valence-corrected chi connectivity index (χ1v) is 9.93. The SMILES string of the molecule is CC(=O)NC[C@H]1CN(c2ccc(-c3ccc(CNCC4CO4)cc3)c(F)c2)C(=O)O1. The van der Waals surface area contributed by atoms with Crippen LogP contribution in [0, 0.1) is 5.82 Å². The first-order valence-electron chi connectivity index (χ1n) is 9.93. The summed E-state index contributed by atoms with van der Waals surface area (Å²) in [7, 11) is 0. The van der Waals surface area contributed by atoms with Crippen LogP contribution in [0.4, 0.5) is 14.9 Å². The van der Waals surface area contributed by atoms with Crippen molar-refractivity contribution >= 4 is 17.7 Å². The molecule has 2 fully saturated rings. The minimum atomic E-state index is -0.550. The minimum Gasteiger partial charge on any atom is -0.442 e. The van der Waals surface area contributed by atoms with E-state index in [1.165, 1.54) is 17.9 Å². The number of halogens is 1. The van der Waals surface area contributed by atoms with E-state index in [0.29, 0.717) is 17.4 Å². The summed E-state index contributed by atoms with van der Waals surface area (Å²) in [4.78, 5) is 24.5. The predicted molar refractivity (Wildman–Crippen MR) is 110 cm³/mol. The Hall–Kier alpha value is -2.97. The van der Waals surface area contributed by atoms with Gasteiger partial charge in [0.25, 0.3) is 0 Å². The molecule has 8 heteroatoms. The molecule has 7 nitrogen and oxygen atoms in total. The third-order valence-electron chi connectivity index (χ3n) is 5.09. The number of nitrogens with one attached hydrogen (secondary N) is 2. The summed E-state index contributed by atoms with van der Waals surface area (Å²) in [6.07, 6.45) is -0.673. The highest BCUT2D eigenvalue weighted by molar-refractivity contribution is 5.90. The number of benzene rings is 2. The van der Waals surface area contributed by atoms with Gasteiger partial charge in [-0.2, -0.15) is 0 Å². The van der Waals surface area contributed by atoms with Crippen LogP contribution < -0.4 is 15.5 Å². The molecule has 2 N–H and O–H groups in total. The molecule has 0 spiro atoms. The van der Waals surface area contributed by atoms with Crippen LogP contribution in [-0.2, 0) is 20.8 Å². The lowest BCUT2D eigenvalue weighted by atomic mass is 10.0. The van der Waals surface area contributed by atoms with Crippen molar-refractivity contribution in [3.63, 3.8) is 0 Å². The molecule has 2 saturated heterocycles. The Bertz CT molecular complexity index is 930. The molecule has 1 unspecified atom stereocenters. The lowest BCUT2D eigenvalue weighted by molar-refractivity contribution is -0.119. The van der Waals surface area contributed by atoms with Crippen molar-refractivity contribution in [2.45, 2.75) is 25.7 Å². The molecule has 0 radical (unpaired) electrons. The minimum absolute atomic E-state index is 0.196. The van der Waals surface area contributed by atoms with Gasteiger partial charge in [0.15, 0.2) is 0 Å². The average Bonchev–Trinajstić information content (AvgIpc) is 3.47. The number of amides is 2. The van der Waals surface area contributed by atoms with Gasteiger partial charge in [-0.25, -0.2) is 9.18 Å². The third-order valence-corrected chi connectivity index (χ3v) is 5.09. The largest absolute Gasteiger partial charge is 0.442 e. The standard InChI is InChI=1S/C22H24FN3O4/c1-14(27)25-11-18-12-26(22(28)30-18)17-6-7-20(21(23)8-17)16-4-2-15(3-5-16)9-24-10-19-13-29-19/h2-8,18-19,24H,9-13H2,1H3,(H,25,27)/t18-,19?/m0/s1. The van der Waals surface area contributed by atoms with E-state index in [0.717, 1.165) is 30.8 Å². The topological polar surface area (TPSA) is 83.2 Å². The summed E-state index contributed by atoms with van der Waals surface area (Å²) >= 11 is 0. The molecule has 0 aliphatic carbocycles. The van der Waals surface area contributed by atoms with E-state index in [2.05, 4.69) is 10.6 Å². The predicted octanol–water partition coefficient (Wildman–Crippen LogP) is 2.44. The number of ether oxygens (including phenoxy) is 2. The number of carbonyl (C=O) groups excluding carboxylic acids is 2. The molecular formula is C22H24FN3O4. The van der Waals surface area contributed by atoms with E-state index in [9.17, 15) is 14.0 Å². The maximum absolute atomic E-state index is 14.8. The monoisotopic (exact) mass is 413 g/mol. The molecule has 30 heavy (non-hydrogen) atoms. The second-order valence-electron chi connectivity index (χ2n) is 7.50. The first-order chi connectivity index (χ1) is 14.5. The van der Waals surface area contributed by atoms with Crippen LogP contribution in [0.5, 0.6) is 0 Å². The van der Waals surface area contributed by atoms with Gasteiger partial charge in [0.2, 0.25) is 5.91 Å². The molecular weight excluding hydrogens is 389 g/mol. The highest BCUT2D eigenvalue weighted by Gasteiger charge is 2.32. The van der Waals surface area contributed by atoms with Crippen molar-refractivity contribution in [1.82, 2.24) is 10.6 Å². The van der Waals surface area contributed by atoms with Gasteiger partial charge < -0.3 is 20.1 Å². The molecule has 4 rings (SSSR count). The molecule has 2 aliphatic heterocycles. The Morgan fingerprint density at radius 3 is 2.60 bits per heavy atom. The Kier molecular flexibility index (Phi) is 5.96. The summed E-state index contributed by atoms with van der Waals surface area (Å²) in [5.41, 5.74) is 2.77. The normalized spacial score (nSPS) is 20.2. The van der Waals surface area contributed by atoms with Crippen molar-refractivity contribution in [3.05, 3.63) is 53.8 Å². The molecule has 0 bridgehead atoms. The first kappa shape index (κ1) is 20.3. The van der Waals surface area contributed by atoms with Crippen LogP contribution in [0.15, 0.2) is 42.5 Å². The summed E-state index contributed by atoms with van der Waals surface area (Å²) in [6.45, 7) is 4.28. The van der Waals surface area contributed by atoms with Crippen molar-refractivity contribution in [2.24, 2.45) is 0 Å². The molecule has 0 saturated carbocycles. The second kappa shape index (κ2) is 8.81. The molecule has 2 aromatic carbocycles. The lowest BCUT2D eigenvalue weighted by Crippen LogP contribution is -2.33. The van der Waals surface area contributed by atoms with Gasteiger partial charge in [0, 0.05) is 25.6 Å². The van der Waals surface area contributed by atoms with Gasteiger partial charge in [-0.3, -0.25) is 9.69 Å². The van der Waals surface area contributed by atoms with E-state index in [1.54, 1.807) is 12.1 Å². The molecule has 2 amide bonds. The molecule has 2 aliphatic rings. The quantitative estimate of drug-likeness (QED) is 0.650. The smallest absolute Gasteiger partial charge is 0.414 e. The second-order valence-corrected chi connectivity index (χ2v) is 7.50. The van der Waals surface area contributed by atoms with Gasteiger partial charge >= 0.3 is 6.09 Å². The Morgan fingerprint density at radius 1 is 1.17 bits per heavy atom. The zero-order valence-electron chi connectivity index (χ0n) is 16.7. The van der Waals surface area contributed by atoms with Gasteiger partial charge in [-0.15, -0.1) is 0 Å². The Morgan fingerprint density at radius 2 is 1.93 bits per heavy atom. The fourth-order valence-electron chi connectivity index (χ4n) is 3.37. The highest BCUT2D eigenvalue weighted by Crippen LogP contribution is 2.29. The molecule has 158 valence electrons. The van der Waals surface area contributed by atoms with Crippen LogP contribution in [0.25, 0.3) is 11.1 Å². The van der Waals surface area contributed by atoms with Crippen molar-refractivity contribution in [1.29, 1.82) is 0 Å². The average molecular weight is 413 g/mol. The zero-order valence-corrected chi connectivity index (χ0v) is 16.7. The van der Waals surface area contributed by atoms with Crippen molar-refractivity contribution in [3.8, 4) is 11.1 Å². The summed E-state index contributed by atoms with van der Waals surface area (Å²) in [6, 6.07) is 12.4.